The topological polar surface area (TPSA) is 26.3 Å². The third kappa shape index (κ3) is 2.48. The molecule has 0 aromatic heterocycles. The average molecular weight is 290 g/mol. The highest BCUT2D eigenvalue weighted by Gasteiger charge is 2.09. The summed E-state index contributed by atoms with van der Waals surface area (Å²) in [5.41, 5.74) is 1.78. The molecule has 110 valence electrons. The van der Waals surface area contributed by atoms with Crippen LogP contribution in [-0.4, -0.2) is 13.1 Å². The Labute approximate surface area is 130 Å². The van der Waals surface area contributed by atoms with Crippen molar-refractivity contribution in [2.45, 2.75) is 13.3 Å². The Balaban J connectivity index is 2.33. The molecule has 22 heavy (non-hydrogen) atoms. The Bertz CT molecular complexity index is 875. The number of ether oxygens (including phenoxy) is 1. The Morgan fingerprint density at radius 3 is 2.55 bits per heavy atom. The average Bonchev–Trinajstić information content (AvgIpc) is 2.58. The van der Waals surface area contributed by atoms with E-state index in [0.29, 0.717) is 5.56 Å². The van der Waals surface area contributed by atoms with Gasteiger partial charge in [0.15, 0.2) is 0 Å². The lowest BCUT2D eigenvalue weighted by molar-refractivity contribution is 0.0601. The van der Waals surface area contributed by atoms with Gasteiger partial charge in [0.2, 0.25) is 0 Å². The molecule has 0 radical (unpaired) electrons. The second-order valence-corrected chi connectivity index (χ2v) is 5.25. The van der Waals surface area contributed by atoms with Crippen molar-refractivity contribution in [2.24, 2.45) is 0 Å². The molecule has 0 aliphatic carbocycles. The van der Waals surface area contributed by atoms with E-state index in [1.807, 2.05) is 30.3 Å². The summed E-state index contributed by atoms with van der Waals surface area (Å²) in [6, 6.07) is 16.2. The van der Waals surface area contributed by atoms with Gasteiger partial charge in [0.1, 0.15) is 0 Å². The van der Waals surface area contributed by atoms with Crippen LogP contribution in [0.4, 0.5) is 0 Å². The maximum Gasteiger partial charge on any atom is 0.337 e. The van der Waals surface area contributed by atoms with Crippen LogP contribution in [0.5, 0.6) is 0 Å². The van der Waals surface area contributed by atoms with Crippen molar-refractivity contribution in [3.63, 3.8) is 0 Å². The Morgan fingerprint density at radius 1 is 1.05 bits per heavy atom. The smallest absolute Gasteiger partial charge is 0.337 e. The predicted molar refractivity (Wildman–Crippen MR) is 92.1 cm³/mol. The van der Waals surface area contributed by atoms with Crippen LogP contribution >= 0.6 is 0 Å². The van der Waals surface area contributed by atoms with E-state index in [1.54, 1.807) is 0 Å². The number of allylic oxidation sites excluding steroid dienone is 1. The quantitative estimate of drug-likeness (QED) is 0.489. The van der Waals surface area contributed by atoms with Crippen LogP contribution in [0.25, 0.3) is 27.6 Å². The largest absolute Gasteiger partial charge is 0.465 e. The number of benzene rings is 3. The zero-order valence-electron chi connectivity index (χ0n) is 12.8. The van der Waals surface area contributed by atoms with Crippen LogP contribution in [0.3, 0.4) is 0 Å². The van der Waals surface area contributed by atoms with E-state index < -0.39 is 0 Å². The molecule has 0 N–H and O–H groups in total. The standard InChI is InChI=1S/C20H18O2/c1-3-4-7-14-12-15-10-11-16(20(21)22-2)13-19(15)18-9-6-5-8-17(14)18/h4-13H,3H2,1-2H3/b7-4+. The Hall–Kier alpha value is -2.61. The summed E-state index contributed by atoms with van der Waals surface area (Å²) in [6.07, 6.45) is 5.33. The van der Waals surface area contributed by atoms with Crippen molar-refractivity contribution in [3.05, 3.63) is 65.7 Å². The molecular weight excluding hydrogens is 272 g/mol. The van der Waals surface area contributed by atoms with E-state index in [1.165, 1.54) is 18.1 Å². The van der Waals surface area contributed by atoms with Gasteiger partial charge in [0, 0.05) is 0 Å². The van der Waals surface area contributed by atoms with Gasteiger partial charge in [-0.2, -0.15) is 0 Å². The zero-order chi connectivity index (χ0) is 15.5. The molecule has 0 saturated heterocycles. The van der Waals surface area contributed by atoms with E-state index in [9.17, 15) is 4.79 Å². The molecule has 0 unspecified atom stereocenters. The number of carbonyl (C=O) groups excluding carboxylic acids is 1. The van der Waals surface area contributed by atoms with Gasteiger partial charge >= 0.3 is 5.97 Å². The highest BCUT2D eigenvalue weighted by Crippen LogP contribution is 2.30. The monoisotopic (exact) mass is 290 g/mol. The molecule has 0 atom stereocenters. The minimum atomic E-state index is -0.305. The maximum absolute atomic E-state index is 11.8. The van der Waals surface area contributed by atoms with Crippen molar-refractivity contribution >= 4 is 33.6 Å². The molecule has 0 spiro atoms. The Kier molecular flexibility index (Phi) is 3.92. The normalized spacial score (nSPS) is 11.4. The summed E-state index contributed by atoms with van der Waals surface area (Å²) >= 11 is 0. The van der Waals surface area contributed by atoms with Gasteiger partial charge in [-0.05, 0) is 51.7 Å². The summed E-state index contributed by atoms with van der Waals surface area (Å²) in [7, 11) is 1.41. The molecule has 0 bridgehead atoms. The lowest BCUT2D eigenvalue weighted by Crippen LogP contribution is -2.00. The van der Waals surface area contributed by atoms with Crippen LogP contribution in [0.15, 0.2) is 54.6 Å². The van der Waals surface area contributed by atoms with E-state index in [4.69, 9.17) is 4.74 Å². The molecular formula is C20H18O2. The van der Waals surface area contributed by atoms with Crippen LogP contribution in [0.2, 0.25) is 0 Å². The van der Waals surface area contributed by atoms with Crippen molar-refractivity contribution in [2.75, 3.05) is 7.11 Å². The molecule has 3 rings (SSSR count). The SMILES string of the molecule is CC/C=C/c1cc2ccc(C(=O)OC)cc2c2ccccc12. The molecule has 0 saturated carbocycles. The molecule has 0 aliphatic heterocycles. The number of hydrogen-bond acceptors (Lipinski definition) is 2. The number of hydrogen-bond donors (Lipinski definition) is 0. The van der Waals surface area contributed by atoms with Gasteiger partial charge < -0.3 is 4.74 Å². The number of carbonyl (C=O) groups is 1. The molecule has 3 aromatic carbocycles. The first-order valence-electron chi connectivity index (χ1n) is 7.45. The third-order valence-electron chi connectivity index (χ3n) is 3.85. The molecule has 2 nitrogen and oxygen atoms in total. The van der Waals surface area contributed by atoms with Gasteiger partial charge in [0.25, 0.3) is 0 Å². The summed E-state index contributed by atoms with van der Waals surface area (Å²) in [5, 5.41) is 4.55. The van der Waals surface area contributed by atoms with E-state index in [2.05, 4.69) is 37.3 Å². The zero-order valence-corrected chi connectivity index (χ0v) is 12.8. The van der Waals surface area contributed by atoms with Gasteiger partial charge in [-0.15, -0.1) is 0 Å². The number of methoxy groups -OCH3 is 1. The van der Waals surface area contributed by atoms with E-state index >= 15 is 0 Å². The summed E-state index contributed by atoms with van der Waals surface area (Å²) in [4.78, 5) is 11.8. The molecule has 0 amide bonds. The highest BCUT2D eigenvalue weighted by molar-refractivity contribution is 6.12. The van der Waals surface area contributed by atoms with Crippen molar-refractivity contribution in [1.82, 2.24) is 0 Å². The second-order valence-electron chi connectivity index (χ2n) is 5.25. The maximum atomic E-state index is 11.8. The van der Waals surface area contributed by atoms with Gasteiger partial charge in [0.05, 0.1) is 12.7 Å². The second kappa shape index (κ2) is 6.02. The molecule has 0 heterocycles. The first kappa shape index (κ1) is 14.3. The molecule has 0 aliphatic rings. The minimum absolute atomic E-state index is 0.305. The van der Waals surface area contributed by atoms with Gasteiger partial charge in [-0.1, -0.05) is 49.4 Å². The van der Waals surface area contributed by atoms with E-state index in [0.717, 1.165) is 22.6 Å². The fourth-order valence-corrected chi connectivity index (χ4v) is 2.76. The Morgan fingerprint density at radius 2 is 1.82 bits per heavy atom. The minimum Gasteiger partial charge on any atom is -0.465 e. The van der Waals surface area contributed by atoms with Crippen LogP contribution in [0, 0.1) is 0 Å². The highest BCUT2D eigenvalue weighted by atomic mass is 16.5. The lowest BCUT2D eigenvalue weighted by Gasteiger charge is -2.09. The fourth-order valence-electron chi connectivity index (χ4n) is 2.76. The van der Waals surface area contributed by atoms with Crippen LogP contribution in [-0.2, 0) is 4.74 Å². The van der Waals surface area contributed by atoms with Crippen molar-refractivity contribution < 1.29 is 9.53 Å². The first-order chi connectivity index (χ1) is 10.7. The van der Waals surface area contributed by atoms with Crippen molar-refractivity contribution in [1.29, 1.82) is 0 Å². The summed E-state index contributed by atoms with van der Waals surface area (Å²) in [6.45, 7) is 2.13. The number of fused-ring (bicyclic) bond motifs is 3. The predicted octanol–water partition coefficient (Wildman–Crippen LogP) is 5.20. The third-order valence-corrected chi connectivity index (χ3v) is 3.85. The summed E-state index contributed by atoms with van der Waals surface area (Å²) < 4.78 is 4.82. The number of esters is 1. The van der Waals surface area contributed by atoms with Crippen molar-refractivity contribution in [3.8, 4) is 0 Å². The molecule has 0 fully saturated rings. The van der Waals surface area contributed by atoms with Crippen LogP contribution in [0.1, 0.15) is 29.3 Å². The van der Waals surface area contributed by atoms with Crippen LogP contribution < -0.4 is 0 Å². The summed E-state index contributed by atoms with van der Waals surface area (Å²) in [5.74, 6) is -0.305. The first-order valence-corrected chi connectivity index (χ1v) is 7.45. The molecule has 3 aromatic rings. The lowest BCUT2D eigenvalue weighted by atomic mass is 9.95. The van der Waals surface area contributed by atoms with E-state index in [-0.39, 0.29) is 5.97 Å². The number of rotatable bonds is 3. The fraction of sp³-hybridized carbons (Fsp3) is 0.150. The van der Waals surface area contributed by atoms with Gasteiger partial charge in [-0.25, -0.2) is 4.79 Å². The van der Waals surface area contributed by atoms with Gasteiger partial charge in [-0.3, -0.25) is 0 Å². The molecule has 2 heteroatoms.